The van der Waals surface area contributed by atoms with E-state index in [1.54, 1.807) is 6.92 Å². The molecule has 0 aliphatic carbocycles. The van der Waals surface area contributed by atoms with Gasteiger partial charge in [-0.05, 0) is 13.2 Å². The Balaban J connectivity index is 2.17. The van der Waals surface area contributed by atoms with Gasteiger partial charge in [0.1, 0.15) is 16.9 Å². The van der Waals surface area contributed by atoms with E-state index in [9.17, 15) is 9.50 Å². The Morgan fingerprint density at radius 1 is 1.48 bits per heavy atom. The van der Waals surface area contributed by atoms with Crippen LogP contribution in [0.25, 0.3) is 10.9 Å². The third-order valence-electron chi connectivity index (χ3n) is 3.53. The van der Waals surface area contributed by atoms with Gasteiger partial charge in [0.15, 0.2) is 16.1 Å². The summed E-state index contributed by atoms with van der Waals surface area (Å²) in [5.74, 6) is -0.144. The van der Waals surface area contributed by atoms with E-state index in [0.29, 0.717) is 36.1 Å². The summed E-state index contributed by atoms with van der Waals surface area (Å²) >= 11 is 7.07. The largest absolute Gasteiger partial charge is 0.386 e. The number of aliphatic hydroxyl groups is 1. The first kappa shape index (κ1) is 16.6. The first-order chi connectivity index (χ1) is 10.9. The summed E-state index contributed by atoms with van der Waals surface area (Å²) in [7, 11) is 0. The van der Waals surface area contributed by atoms with Gasteiger partial charge in [-0.15, -0.1) is 0 Å². The Morgan fingerprint density at radius 2 is 2.26 bits per heavy atom. The van der Waals surface area contributed by atoms with Crippen LogP contribution in [0.4, 0.5) is 10.2 Å². The molecule has 0 spiro atoms. The van der Waals surface area contributed by atoms with Gasteiger partial charge in [0.25, 0.3) is 0 Å². The molecule has 3 rings (SSSR count). The van der Waals surface area contributed by atoms with Crippen LogP contribution in [0.2, 0.25) is 5.15 Å². The highest BCUT2D eigenvalue weighted by molar-refractivity contribution is 7.98. The van der Waals surface area contributed by atoms with E-state index in [2.05, 4.69) is 15.0 Å². The number of hydrogen-bond donors (Lipinski definition) is 1. The van der Waals surface area contributed by atoms with Crippen LogP contribution in [0.5, 0.6) is 0 Å². The van der Waals surface area contributed by atoms with E-state index in [-0.39, 0.29) is 17.3 Å². The maximum Gasteiger partial charge on any atom is 0.189 e. The quantitative estimate of drug-likeness (QED) is 0.501. The van der Waals surface area contributed by atoms with Crippen LogP contribution in [0.1, 0.15) is 6.92 Å². The Morgan fingerprint density at radius 3 is 3.00 bits per heavy atom. The molecule has 9 heteroatoms. The lowest BCUT2D eigenvalue weighted by molar-refractivity contribution is -0.0123. The topological polar surface area (TPSA) is 71.4 Å². The van der Waals surface area contributed by atoms with Crippen LogP contribution >= 0.6 is 23.4 Å². The molecule has 0 aromatic carbocycles. The summed E-state index contributed by atoms with van der Waals surface area (Å²) in [5, 5.41) is 11.0. The highest BCUT2D eigenvalue weighted by Crippen LogP contribution is 2.31. The number of halogens is 2. The molecule has 0 saturated carbocycles. The summed E-state index contributed by atoms with van der Waals surface area (Å²) in [6.45, 7) is 3.22. The van der Waals surface area contributed by atoms with E-state index < -0.39 is 11.4 Å². The lowest BCUT2D eigenvalue weighted by Crippen LogP contribution is -2.42. The van der Waals surface area contributed by atoms with Crippen molar-refractivity contribution in [2.45, 2.75) is 17.7 Å². The highest BCUT2D eigenvalue weighted by atomic mass is 35.5. The number of pyridine rings is 1. The van der Waals surface area contributed by atoms with Crippen LogP contribution in [0.15, 0.2) is 11.4 Å². The third-order valence-corrected chi connectivity index (χ3v) is 4.34. The molecule has 1 aliphatic rings. The number of β-amino-alcohol motifs (C(OH)–C–C–N with tert-alkyl or cyclic N) is 1. The summed E-state index contributed by atoms with van der Waals surface area (Å²) < 4.78 is 19.7. The zero-order valence-corrected chi connectivity index (χ0v) is 14.3. The fourth-order valence-corrected chi connectivity index (χ4v) is 3.01. The van der Waals surface area contributed by atoms with Crippen LogP contribution in [-0.2, 0) is 4.74 Å². The van der Waals surface area contributed by atoms with Crippen molar-refractivity contribution in [2.75, 3.05) is 37.5 Å². The molecule has 0 bridgehead atoms. The Labute approximate surface area is 142 Å². The van der Waals surface area contributed by atoms with Gasteiger partial charge >= 0.3 is 0 Å². The zero-order chi connectivity index (χ0) is 16.6. The molecule has 2 aromatic rings. The van der Waals surface area contributed by atoms with Gasteiger partial charge in [0, 0.05) is 12.7 Å². The lowest BCUT2D eigenvalue weighted by atomic mass is 10.1. The molecule has 1 saturated heterocycles. The van der Waals surface area contributed by atoms with E-state index in [1.165, 1.54) is 18.0 Å². The molecule has 23 heavy (non-hydrogen) atoms. The maximum absolute atomic E-state index is 14.3. The second-order valence-electron chi connectivity index (χ2n) is 5.63. The number of rotatable bonds is 2. The summed E-state index contributed by atoms with van der Waals surface area (Å²) in [6.07, 6.45) is 3.27. The van der Waals surface area contributed by atoms with Crippen LogP contribution in [-0.4, -0.2) is 58.2 Å². The van der Waals surface area contributed by atoms with Crippen molar-refractivity contribution in [3.8, 4) is 0 Å². The van der Waals surface area contributed by atoms with Gasteiger partial charge < -0.3 is 14.7 Å². The molecule has 6 nitrogen and oxygen atoms in total. The molecule has 1 unspecified atom stereocenters. The number of aromatic nitrogens is 3. The van der Waals surface area contributed by atoms with Crippen molar-refractivity contribution in [1.29, 1.82) is 0 Å². The molecule has 124 valence electrons. The van der Waals surface area contributed by atoms with Crippen molar-refractivity contribution in [3.05, 3.63) is 17.2 Å². The molecular formula is C14H16ClFN4O2S. The highest BCUT2D eigenvalue weighted by Gasteiger charge is 2.30. The Kier molecular flexibility index (Phi) is 4.59. The summed E-state index contributed by atoms with van der Waals surface area (Å²) in [4.78, 5) is 14.4. The molecule has 1 atom stereocenters. The average molecular weight is 359 g/mol. The Bertz CT molecular complexity index is 746. The predicted octanol–water partition coefficient (Wildman–Crippen LogP) is 2.13. The number of ether oxygens (including phenoxy) is 1. The first-order valence-corrected chi connectivity index (χ1v) is 8.62. The minimum absolute atomic E-state index is 0.129. The molecule has 2 aromatic heterocycles. The van der Waals surface area contributed by atoms with E-state index >= 15 is 0 Å². The normalized spacial score (nSPS) is 22.4. The van der Waals surface area contributed by atoms with Gasteiger partial charge in [-0.2, -0.15) is 0 Å². The van der Waals surface area contributed by atoms with Crippen molar-refractivity contribution in [2.24, 2.45) is 0 Å². The summed E-state index contributed by atoms with van der Waals surface area (Å²) in [5.41, 5.74) is -0.893. The molecule has 1 N–H and O–H groups in total. The Hall–Kier alpha value is -1.22. The van der Waals surface area contributed by atoms with Crippen molar-refractivity contribution < 1.29 is 14.2 Å². The fourth-order valence-electron chi connectivity index (χ4n) is 2.52. The molecule has 0 amide bonds. The van der Waals surface area contributed by atoms with E-state index in [4.69, 9.17) is 16.3 Å². The minimum Gasteiger partial charge on any atom is -0.386 e. The SMILES string of the molecule is CSc1nc(N2CCOCC(C)(O)C2)c2cnc(Cl)c(F)c2n1. The van der Waals surface area contributed by atoms with Gasteiger partial charge in [-0.1, -0.05) is 23.4 Å². The third kappa shape index (κ3) is 3.35. The summed E-state index contributed by atoms with van der Waals surface area (Å²) in [6, 6.07) is 0. The number of anilines is 1. The van der Waals surface area contributed by atoms with Crippen molar-refractivity contribution >= 4 is 40.1 Å². The smallest absolute Gasteiger partial charge is 0.189 e. The zero-order valence-electron chi connectivity index (χ0n) is 12.7. The number of thioether (sulfide) groups is 1. The molecule has 1 fully saturated rings. The molecule has 1 aliphatic heterocycles. The van der Waals surface area contributed by atoms with Gasteiger partial charge in [-0.25, -0.2) is 19.3 Å². The number of fused-ring (bicyclic) bond motifs is 1. The minimum atomic E-state index is -1.02. The molecule has 3 heterocycles. The second kappa shape index (κ2) is 6.35. The monoisotopic (exact) mass is 358 g/mol. The van der Waals surface area contributed by atoms with Crippen LogP contribution < -0.4 is 4.90 Å². The number of hydrogen-bond acceptors (Lipinski definition) is 7. The lowest BCUT2D eigenvalue weighted by Gasteiger charge is -2.29. The molecular weight excluding hydrogens is 343 g/mol. The van der Waals surface area contributed by atoms with Crippen LogP contribution in [0.3, 0.4) is 0 Å². The first-order valence-electron chi connectivity index (χ1n) is 7.02. The van der Waals surface area contributed by atoms with Crippen LogP contribution in [0, 0.1) is 5.82 Å². The van der Waals surface area contributed by atoms with E-state index in [0.717, 1.165) is 0 Å². The maximum atomic E-state index is 14.3. The van der Waals surface area contributed by atoms with Crippen molar-refractivity contribution in [1.82, 2.24) is 15.0 Å². The molecule has 0 radical (unpaired) electrons. The van der Waals surface area contributed by atoms with Gasteiger partial charge in [0.05, 0.1) is 25.1 Å². The second-order valence-corrected chi connectivity index (χ2v) is 6.76. The fraction of sp³-hybridized carbons (Fsp3) is 0.500. The number of nitrogens with zero attached hydrogens (tertiary/aromatic N) is 4. The van der Waals surface area contributed by atoms with Gasteiger partial charge in [-0.3, -0.25) is 0 Å². The average Bonchev–Trinajstić information content (AvgIpc) is 2.70. The van der Waals surface area contributed by atoms with E-state index in [1.807, 2.05) is 11.2 Å². The van der Waals surface area contributed by atoms with Crippen molar-refractivity contribution in [3.63, 3.8) is 0 Å². The standard InChI is InChI=1S/C14H16ClFN4O2S/c1-14(21)6-20(3-4-22-7-14)12-8-5-17-11(15)9(16)10(8)18-13(19-12)23-2/h5,21H,3-4,6-7H2,1-2H3. The predicted molar refractivity (Wildman–Crippen MR) is 87.7 cm³/mol. The van der Waals surface area contributed by atoms with Gasteiger partial charge in [0.2, 0.25) is 0 Å².